The fourth-order valence-electron chi connectivity index (χ4n) is 7.79. The summed E-state index contributed by atoms with van der Waals surface area (Å²) in [5.41, 5.74) is 0. The zero-order valence-electron chi connectivity index (χ0n) is 67.1. The van der Waals surface area contributed by atoms with E-state index >= 15 is 0 Å². The molecule has 0 spiro atoms. The van der Waals surface area contributed by atoms with Crippen LogP contribution in [0.3, 0.4) is 0 Å². The normalized spacial score (nSPS) is 11.8. The fourth-order valence-corrected chi connectivity index (χ4v) is 7.79. The Hall–Kier alpha value is -1.48. The first-order valence-corrected chi connectivity index (χ1v) is 39.2. The van der Waals surface area contributed by atoms with Gasteiger partial charge in [-0.15, -0.1) is 0 Å². The summed E-state index contributed by atoms with van der Waals surface area (Å²) in [6, 6.07) is 0. The Morgan fingerprint density at radius 3 is 0.200 bits per heavy atom. The molecule has 0 bridgehead atoms. The molecule has 37 nitrogen and oxygen atoms in total. The van der Waals surface area contributed by atoms with Crippen LogP contribution in [0, 0.1) is 0 Å². The van der Waals surface area contributed by atoms with Crippen LogP contribution in [0.15, 0.2) is 0 Å². The molecule has 0 heterocycles. The smallest absolute Gasteiger partial charge is 0.0701 e. The van der Waals surface area contributed by atoms with Crippen molar-refractivity contribution in [3.8, 4) is 0 Å². The van der Waals surface area contributed by atoms with Gasteiger partial charge >= 0.3 is 0 Å². The molecule has 1 N–H and O–H groups in total. The Labute approximate surface area is 656 Å². The van der Waals surface area contributed by atoms with Gasteiger partial charge in [-0.3, -0.25) is 0 Å². The molecule has 37 heteroatoms. The van der Waals surface area contributed by atoms with Crippen LogP contribution in [0.1, 0.15) is 0 Å². The van der Waals surface area contributed by atoms with E-state index in [-0.39, 0.29) is 6.61 Å². The van der Waals surface area contributed by atoms with Crippen LogP contribution in [-0.2, 0) is 171 Å². The van der Waals surface area contributed by atoms with Gasteiger partial charge in [0.25, 0.3) is 0 Å². The third-order valence-electron chi connectivity index (χ3n) is 13.3. The quantitative estimate of drug-likeness (QED) is 0.0795. The summed E-state index contributed by atoms with van der Waals surface area (Å²) in [7, 11) is 1.64. The molecule has 0 rings (SSSR count). The molecule has 0 aromatic rings. The molecule has 0 aromatic heterocycles. The minimum absolute atomic E-state index is 0.0155. The highest BCUT2D eigenvalue weighted by atomic mass is 16.6. The molecule has 0 saturated carbocycles. The molecule has 0 aliphatic heterocycles. The zero-order valence-corrected chi connectivity index (χ0v) is 67.1. The van der Waals surface area contributed by atoms with E-state index in [9.17, 15) is 0 Å². The van der Waals surface area contributed by atoms with E-state index < -0.39 is 0 Å². The van der Waals surface area contributed by atoms with Gasteiger partial charge in [-0.2, -0.15) is 0 Å². The lowest BCUT2D eigenvalue weighted by molar-refractivity contribution is -0.0327. The van der Waals surface area contributed by atoms with Crippen molar-refractivity contribution in [2.24, 2.45) is 0 Å². The Balaban J connectivity index is 3.10. The molecule has 0 aliphatic carbocycles. The van der Waals surface area contributed by atoms with Gasteiger partial charge in [-0.05, 0) is 0 Å². The molecule has 0 amide bonds. The summed E-state index contributed by atoms with van der Waals surface area (Å²) < 4.78 is 197. The van der Waals surface area contributed by atoms with Gasteiger partial charge < -0.3 is 176 Å². The van der Waals surface area contributed by atoms with E-state index in [0.29, 0.717) is 469 Å². The molecule has 0 unspecified atom stereocenters. The Kier molecular flexibility index (Phi) is 106. The first-order chi connectivity index (χ1) is 54.9. The summed E-state index contributed by atoms with van der Waals surface area (Å²) in [6.07, 6.45) is 0. The third kappa shape index (κ3) is 107. The molecule has 0 radical (unpaired) electrons. The summed E-state index contributed by atoms with van der Waals surface area (Å²) in [6.45, 7) is 34.5. The van der Waals surface area contributed by atoms with Crippen LogP contribution in [0.25, 0.3) is 0 Å². The van der Waals surface area contributed by atoms with Crippen LogP contribution in [-0.4, -0.2) is 488 Å². The van der Waals surface area contributed by atoms with Crippen molar-refractivity contribution in [2.45, 2.75) is 0 Å². The van der Waals surface area contributed by atoms with Gasteiger partial charge in [0, 0.05) is 7.11 Å². The lowest BCUT2D eigenvalue weighted by Gasteiger charge is -2.09. The molecule has 110 heavy (non-hydrogen) atoms. The minimum Gasteiger partial charge on any atom is -0.394 e. The Morgan fingerprint density at radius 1 is 0.0909 bits per heavy atom. The zero-order chi connectivity index (χ0) is 78.4. The van der Waals surface area contributed by atoms with Gasteiger partial charge in [-0.25, -0.2) is 0 Å². The minimum atomic E-state index is 0.0155. The van der Waals surface area contributed by atoms with Crippen LogP contribution in [0.4, 0.5) is 0 Å². The molecule has 0 aromatic carbocycles. The highest BCUT2D eigenvalue weighted by Gasteiger charge is 2.04. The summed E-state index contributed by atoms with van der Waals surface area (Å²) in [4.78, 5) is 0. The van der Waals surface area contributed by atoms with E-state index in [4.69, 9.17) is 176 Å². The fraction of sp³-hybridized carbons (Fsp3) is 1.00. The highest BCUT2D eigenvalue weighted by Crippen LogP contribution is 1.94. The lowest BCUT2D eigenvalue weighted by atomic mass is 10.6. The summed E-state index contributed by atoms with van der Waals surface area (Å²) >= 11 is 0. The molecule has 662 valence electrons. The monoisotopic (exact) mass is 1620 g/mol. The van der Waals surface area contributed by atoms with Crippen molar-refractivity contribution in [1.29, 1.82) is 0 Å². The summed E-state index contributed by atoms with van der Waals surface area (Å²) in [5.74, 6) is 0. The van der Waals surface area contributed by atoms with E-state index in [2.05, 4.69) is 0 Å². The van der Waals surface area contributed by atoms with Crippen molar-refractivity contribution in [2.75, 3.05) is 483 Å². The second kappa shape index (κ2) is 108. The molecule has 0 aliphatic rings. The van der Waals surface area contributed by atoms with Crippen molar-refractivity contribution < 1.29 is 176 Å². The molecule has 0 saturated heterocycles. The topological polar surface area (TPSA) is 353 Å². The lowest BCUT2D eigenvalue weighted by Crippen LogP contribution is -2.16. The van der Waals surface area contributed by atoms with E-state index in [1.807, 2.05) is 0 Å². The van der Waals surface area contributed by atoms with E-state index in [1.165, 1.54) is 0 Å². The van der Waals surface area contributed by atoms with Crippen molar-refractivity contribution in [1.82, 2.24) is 0 Å². The van der Waals surface area contributed by atoms with Gasteiger partial charge in [0.15, 0.2) is 0 Å². The average Bonchev–Trinajstić information content (AvgIpc) is 3.58. The third-order valence-corrected chi connectivity index (χ3v) is 13.3. The Bertz CT molecular complexity index is 1430. The molecule has 0 fully saturated rings. The number of aliphatic hydroxyl groups is 1. The van der Waals surface area contributed by atoms with Crippen LogP contribution in [0.5, 0.6) is 0 Å². The van der Waals surface area contributed by atoms with E-state index in [0.717, 1.165) is 0 Å². The molecular weight excluding hydrogens is 1470 g/mol. The number of hydrogen-bond donors (Lipinski definition) is 1. The number of aliphatic hydroxyl groups excluding tert-OH is 1. The molecule has 0 atom stereocenters. The molecular formula is C73H148O37. The maximum Gasteiger partial charge on any atom is 0.0701 e. The summed E-state index contributed by atoms with van der Waals surface area (Å²) in [5, 5.41) is 8.62. The van der Waals surface area contributed by atoms with Gasteiger partial charge in [0.05, 0.1) is 476 Å². The predicted molar refractivity (Wildman–Crippen MR) is 398 cm³/mol. The Morgan fingerprint density at radius 2 is 0.145 bits per heavy atom. The standard InChI is InChI=1S/C73H148O37/c1-75-4-5-77-8-9-79-12-13-81-16-17-83-20-21-85-24-25-87-28-29-89-32-33-91-36-37-93-40-41-95-44-45-97-48-49-99-52-53-101-56-57-103-60-61-105-64-65-107-68-69-109-72-73-110-71-70-108-67-66-106-63-62-104-59-58-102-55-54-100-51-50-98-47-46-96-43-42-94-39-38-92-35-34-90-31-30-88-27-26-86-23-22-84-19-18-82-15-14-80-11-10-78-7-6-76-3-2-74/h74H,2-73H2,1H3. The highest BCUT2D eigenvalue weighted by molar-refractivity contribution is 4.46. The van der Waals surface area contributed by atoms with Crippen LogP contribution in [0.2, 0.25) is 0 Å². The maximum atomic E-state index is 8.62. The number of ether oxygens (including phenoxy) is 36. The van der Waals surface area contributed by atoms with E-state index in [1.54, 1.807) is 7.11 Å². The van der Waals surface area contributed by atoms with Crippen LogP contribution < -0.4 is 0 Å². The number of rotatable bonds is 107. The van der Waals surface area contributed by atoms with Gasteiger partial charge in [0.1, 0.15) is 0 Å². The predicted octanol–water partition coefficient (Wildman–Crippen LogP) is 0.206. The van der Waals surface area contributed by atoms with Crippen molar-refractivity contribution >= 4 is 0 Å². The van der Waals surface area contributed by atoms with Crippen molar-refractivity contribution in [3.05, 3.63) is 0 Å². The van der Waals surface area contributed by atoms with Crippen molar-refractivity contribution in [3.63, 3.8) is 0 Å². The van der Waals surface area contributed by atoms with Crippen LogP contribution >= 0.6 is 0 Å². The van der Waals surface area contributed by atoms with Gasteiger partial charge in [0.2, 0.25) is 0 Å². The first kappa shape index (κ1) is 109. The second-order valence-electron chi connectivity index (χ2n) is 22.1. The average molecular weight is 1620 g/mol. The first-order valence-electron chi connectivity index (χ1n) is 39.2. The maximum absolute atomic E-state index is 8.62. The SMILES string of the molecule is COCCOCCOCCOCCOCCOCCOCCOCCOCCOCCOCCOCCOCCOCCOCCOCCOCCOCCOCCOCCOCCOCCOCCOCCOCCOCCOCCOCCOCCOCCOCCOCCOCCOCCOCCOCCO. The second-order valence-corrected chi connectivity index (χ2v) is 22.1. The largest absolute Gasteiger partial charge is 0.394 e. The van der Waals surface area contributed by atoms with Gasteiger partial charge in [-0.1, -0.05) is 0 Å². The number of hydrogen-bond acceptors (Lipinski definition) is 37. The number of methoxy groups -OCH3 is 1.